The highest BCUT2D eigenvalue weighted by atomic mass is 32.1. The lowest BCUT2D eigenvalue weighted by Crippen LogP contribution is -2.48. The number of halogens is 6. The van der Waals surface area contributed by atoms with Crippen LogP contribution in [-0.4, -0.2) is 28.0 Å². The zero-order valence-corrected chi connectivity index (χ0v) is 39.8. The molecule has 3 nitrogen and oxygen atoms in total. The predicted molar refractivity (Wildman–Crippen MR) is 247 cm³/mol. The van der Waals surface area contributed by atoms with E-state index >= 15 is 26.3 Å². The minimum Gasteiger partial charge on any atom is -0.504 e. The molecule has 0 saturated heterocycles. The molecule has 0 fully saturated rings. The van der Waals surface area contributed by atoms with Crippen molar-refractivity contribution in [1.29, 1.82) is 0 Å². The first-order valence-corrected chi connectivity index (χ1v) is 23.8. The van der Waals surface area contributed by atoms with Crippen molar-refractivity contribution in [3.63, 3.8) is 0 Å². The molecular weight excluding hydrogens is 871 g/mol. The number of benzene rings is 2. The zero-order valence-electron chi connectivity index (χ0n) is 37.3. The van der Waals surface area contributed by atoms with Crippen molar-refractivity contribution in [3.05, 3.63) is 92.2 Å². The Hall–Kier alpha value is -4.00. The number of hydrogen-bond acceptors (Lipinski definition) is 6. The number of phenolic OH excluding ortho intramolecular Hbond substituents is 2. The largest absolute Gasteiger partial charge is 0.504 e. The maximum absolute atomic E-state index is 17.2. The molecular formula is C51H52F6O3S3. The van der Waals surface area contributed by atoms with Crippen molar-refractivity contribution in [2.45, 2.75) is 147 Å². The van der Waals surface area contributed by atoms with Gasteiger partial charge in [-0.2, -0.15) is 26.3 Å². The number of furan rings is 1. The number of rotatable bonds is 5. The molecule has 0 radical (unpaired) electrons. The van der Waals surface area contributed by atoms with Crippen molar-refractivity contribution in [1.82, 2.24) is 0 Å². The molecule has 0 aliphatic heterocycles. The summed E-state index contributed by atoms with van der Waals surface area (Å²) >= 11 is 4.10. The lowest BCUT2D eigenvalue weighted by Gasteiger charge is -2.39. The van der Waals surface area contributed by atoms with Gasteiger partial charge in [-0.1, -0.05) is 100 Å². The first-order chi connectivity index (χ1) is 28.9. The van der Waals surface area contributed by atoms with Crippen LogP contribution in [0.15, 0.2) is 59.0 Å². The van der Waals surface area contributed by atoms with Gasteiger partial charge in [-0.05, 0) is 93.7 Å². The van der Waals surface area contributed by atoms with E-state index in [2.05, 4.69) is 61.5 Å². The zero-order chi connectivity index (χ0) is 46.0. The first-order valence-electron chi connectivity index (χ1n) is 21.3. The summed E-state index contributed by atoms with van der Waals surface area (Å²) in [5.41, 5.74) is -2.52. The molecule has 4 aromatic heterocycles. The standard InChI is InChI=1S/C51H52F6O3S3/c1-44(2,3)26-14-12-25(13-15-26)40-37(27-20-31(58)32(59)24-33(27)60-40)39-38(49(52,53)51(56,57)50(39,54)55)28-21-34(35-22-29-42(62-35)47(8,9)18-16-45(29,4)5)61-41(28)36-23-30-43(63-36)48(10,11)19-17-46(30,6)7/h12-15,20-24,58-59H,16-19H2,1-11H3. The van der Waals surface area contributed by atoms with Crippen LogP contribution >= 0.6 is 34.0 Å². The Morgan fingerprint density at radius 1 is 0.571 bits per heavy atom. The van der Waals surface area contributed by atoms with Crippen LogP contribution in [-0.2, 0) is 27.1 Å². The van der Waals surface area contributed by atoms with E-state index in [4.69, 9.17) is 4.42 Å². The smallest absolute Gasteiger partial charge is 0.380 e. The number of thiophene rings is 3. The van der Waals surface area contributed by atoms with E-state index in [1.807, 2.05) is 26.8 Å². The molecule has 3 aliphatic rings. The molecule has 4 heterocycles. The van der Waals surface area contributed by atoms with E-state index in [1.165, 1.54) is 28.7 Å². The van der Waals surface area contributed by atoms with Crippen LogP contribution in [0.2, 0.25) is 0 Å². The maximum Gasteiger partial charge on any atom is 0.380 e. The molecule has 3 aliphatic carbocycles. The van der Waals surface area contributed by atoms with Crippen LogP contribution in [0.1, 0.15) is 139 Å². The van der Waals surface area contributed by atoms with Crippen LogP contribution < -0.4 is 0 Å². The number of fused-ring (bicyclic) bond motifs is 3. The average Bonchev–Trinajstić information content (AvgIpc) is 4.00. The Kier molecular flexibility index (Phi) is 9.50. The van der Waals surface area contributed by atoms with Crippen molar-refractivity contribution in [2.24, 2.45) is 0 Å². The summed E-state index contributed by atoms with van der Waals surface area (Å²) in [6.45, 7) is 23.1. The highest BCUT2D eigenvalue weighted by Gasteiger charge is 2.81. The van der Waals surface area contributed by atoms with Crippen molar-refractivity contribution >= 4 is 56.1 Å². The molecule has 0 atom stereocenters. The minimum absolute atomic E-state index is 0.158. The normalized spacial score (nSPS) is 21.5. The molecule has 2 N–H and O–H groups in total. The van der Waals surface area contributed by atoms with Crippen LogP contribution in [0.3, 0.4) is 0 Å². The van der Waals surface area contributed by atoms with Crippen LogP contribution in [0.5, 0.6) is 11.5 Å². The van der Waals surface area contributed by atoms with Gasteiger partial charge in [-0.25, -0.2) is 0 Å². The third kappa shape index (κ3) is 6.44. The van der Waals surface area contributed by atoms with Crippen molar-refractivity contribution < 1.29 is 41.0 Å². The van der Waals surface area contributed by atoms with Gasteiger partial charge in [-0.15, -0.1) is 34.0 Å². The highest BCUT2D eigenvalue weighted by molar-refractivity contribution is 7.27. The minimum atomic E-state index is -5.88. The van der Waals surface area contributed by atoms with Gasteiger partial charge in [0.25, 0.3) is 0 Å². The average molecular weight is 923 g/mol. The quantitative estimate of drug-likeness (QED) is 0.134. The van der Waals surface area contributed by atoms with Gasteiger partial charge in [0.2, 0.25) is 0 Å². The lowest BCUT2D eigenvalue weighted by atomic mass is 9.67. The van der Waals surface area contributed by atoms with Gasteiger partial charge in [-0.3, -0.25) is 0 Å². The molecule has 0 spiro atoms. The van der Waals surface area contributed by atoms with Gasteiger partial charge in [0, 0.05) is 63.7 Å². The molecule has 12 heteroatoms. The fraction of sp³-hybridized carbons (Fsp3) is 0.451. The third-order valence-electron chi connectivity index (χ3n) is 14.1. The van der Waals surface area contributed by atoms with Gasteiger partial charge in [0.1, 0.15) is 11.3 Å². The molecule has 2 aromatic carbocycles. The van der Waals surface area contributed by atoms with E-state index in [0.29, 0.717) is 9.75 Å². The second-order valence-corrected chi connectivity index (χ2v) is 24.7. The maximum atomic E-state index is 17.2. The summed E-state index contributed by atoms with van der Waals surface area (Å²) in [6, 6.07) is 13.9. The number of phenols is 2. The summed E-state index contributed by atoms with van der Waals surface area (Å²) < 4.78 is 108. The molecule has 0 bridgehead atoms. The van der Waals surface area contributed by atoms with E-state index in [9.17, 15) is 10.2 Å². The third-order valence-corrected chi connectivity index (χ3v) is 18.6. The number of allylic oxidation sites excluding steroid dienone is 2. The number of hydrogen-bond donors (Lipinski definition) is 2. The van der Waals surface area contributed by atoms with E-state index in [0.717, 1.165) is 80.5 Å². The molecule has 334 valence electrons. The summed E-state index contributed by atoms with van der Waals surface area (Å²) in [7, 11) is 0. The topological polar surface area (TPSA) is 53.6 Å². The number of aromatic hydroxyl groups is 2. The Morgan fingerprint density at radius 3 is 1.59 bits per heavy atom. The Morgan fingerprint density at radius 2 is 1.05 bits per heavy atom. The molecule has 0 unspecified atom stereocenters. The second kappa shape index (κ2) is 13.5. The predicted octanol–water partition coefficient (Wildman–Crippen LogP) is 16.9. The van der Waals surface area contributed by atoms with Gasteiger partial charge < -0.3 is 14.6 Å². The molecule has 9 rings (SSSR count). The van der Waals surface area contributed by atoms with E-state index in [-0.39, 0.29) is 54.2 Å². The SMILES string of the molecule is CC(C)(C)c1ccc(-c2oc3cc(O)c(O)cc3c2C2=C(c3cc(-c4cc5c(s4)C(C)(C)CCC5(C)C)sc3-c3cc4c(s3)C(C)(C)CCC4(C)C)C(F)(F)C(F)(F)C2(F)F)cc1. The first kappa shape index (κ1) is 44.2. The molecule has 0 amide bonds. The molecule has 6 aromatic rings. The summed E-state index contributed by atoms with van der Waals surface area (Å²) in [5, 5.41) is 20.9. The van der Waals surface area contributed by atoms with E-state index in [1.54, 1.807) is 24.3 Å². The van der Waals surface area contributed by atoms with Crippen molar-refractivity contribution in [3.8, 4) is 42.3 Å². The number of alkyl halides is 6. The summed E-state index contributed by atoms with van der Waals surface area (Å²) in [5.74, 6) is -18.5. The lowest BCUT2D eigenvalue weighted by molar-refractivity contribution is -0.254. The Balaban J connectivity index is 1.40. The van der Waals surface area contributed by atoms with Crippen LogP contribution in [0.25, 0.3) is 52.9 Å². The van der Waals surface area contributed by atoms with Crippen LogP contribution in [0.4, 0.5) is 26.3 Å². The van der Waals surface area contributed by atoms with Crippen LogP contribution in [0, 0.1) is 0 Å². The summed E-state index contributed by atoms with van der Waals surface area (Å²) in [4.78, 5) is 4.19. The van der Waals surface area contributed by atoms with Gasteiger partial charge >= 0.3 is 17.8 Å². The fourth-order valence-electron chi connectivity index (χ4n) is 9.76. The monoisotopic (exact) mass is 922 g/mol. The Bertz CT molecular complexity index is 2820. The molecule has 63 heavy (non-hydrogen) atoms. The highest BCUT2D eigenvalue weighted by Crippen LogP contribution is 2.68. The van der Waals surface area contributed by atoms with Gasteiger partial charge in [0.15, 0.2) is 11.5 Å². The Labute approximate surface area is 376 Å². The fourth-order valence-corrected chi connectivity index (χ4v) is 14.0. The van der Waals surface area contributed by atoms with E-state index < -0.39 is 51.5 Å². The summed E-state index contributed by atoms with van der Waals surface area (Å²) in [6.07, 6.45) is 3.58. The second-order valence-electron chi connectivity index (χ2n) is 21.5. The van der Waals surface area contributed by atoms with Crippen molar-refractivity contribution in [2.75, 3.05) is 0 Å². The molecule has 0 saturated carbocycles. The van der Waals surface area contributed by atoms with Gasteiger partial charge in [0.05, 0.1) is 4.88 Å².